The van der Waals surface area contributed by atoms with Gasteiger partial charge in [-0.1, -0.05) is 0 Å². The fourth-order valence-corrected chi connectivity index (χ4v) is 1.77. The smallest absolute Gasteiger partial charge is 0.410 e. The van der Waals surface area contributed by atoms with Crippen LogP contribution in [0.3, 0.4) is 0 Å². The fraction of sp³-hybridized carbons (Fsp3) is 0.833. The van der Waals surface area contributed by atoms with Gasteiger partial charge in [0, 0.05) is 19.1 Å². The van der Waals surface area contributed by atoms with Gasteiger partial charge in [0.2, 0.25) is 0 Å². The zero-order valence-corrected chi connectivity index (χ0v) is 11.4. The van der Waals surface area contributed by atoms with Gasteiger partial charge in [-0.25, -0.2) is 4.79 Å². The lowest BCUT2D eigenvalue weighted by Crippen LogP contribution is -2.60. The highest BCUT2D eigenvalue weighted by atomic mass is 16.6. The molecule has 0 aromatic carbocycles. The predicted octanol–water partition coefficient (Wildman–Crippen LogP) is 0.145. The number of ketones is 1. The highest BCUT2D eigenvalue weighted by molar-refractivity contribution is 5.86. The molecule has 0 radical (unpaired) electrons. The van der Waals surface area contributed by atoms with E-state index in [-0.39, 0.29) is 18.4 Å². The number of nitrogens with one attached hydrogen (secondary N) is 1. The maximum Gasteiger partial charge on any atom is 0.410 e. The van der Waals surface area contributed by atoms with Gasteiger partial charge in [0.1, 0.15) is 12.2 Å². The molecule has 0 aromatic rings. The summed E-state index contributed by atoms with van der Waals surface area (Å²) in [6.07, 6.45) is -0.424. The number of piperazine rings is 1. The summed E-state index contributed by atoms with van der Waals surface area (Å²) in [6, 6.07) is -0.554. The summed E-state index contributed by atoms with van der Waals surface area (Å²) in [7, 11) is 0. The molecular weight excluding hydrogens is 236 g/mol. The van der Waals surface area contributed by atoms with Crippen molar-refractivity contribution in [1.82, 2.24) is 10.2 Å². The number of amides is 1. The highest BCUT2D eigenvalue weighted by Gasteiger charge is 2.34. The molecule has 18 heavy (non-hydrogen) atoms. The molecular formula is C12H22N2O4. The first kappa shape index (κ1) is 14.9. The van der Waals surface area contributed by atoms with Gasteiger partial charge in [-0.05, 0) is 27.7 Å². The summed E-state index contributed by atoms with van der Waals surface area (Å²) in [5.41, 5.74) is -0.557. The Bertz CT molecular complexity index is 325. The third-order valence-corrected chi connectivity index (χ3v) is 2.74. The zero-order valence-electron chi connectivity index (χ0n) is 11.4. The zero-order chi connectivity index (χ0) is 13.9. The molecule has 1 rings (SSSR count). The van der Waals surface area contributed by atoms with Gasteiger partial charge in [-0.15, -0.1) is 0 Å². The lowest BCUT2D eigenvalue weighted by Gasteiger charge is -2.38. The lowest BCUT2D eigenvalue weighted by molar-refractivity contribution is -0.125. The topological polar surface area (TPSA) is 78.9 Å². The van der Waals surface area contributed by atoms with Crippen molar-refractivity contribution < 1.29 is 19.4 Å². The average molecular weight is 258 g/mol. The molecule has 2 N–H and O–H groups in total. The standard InChI is InChI=1S/C12H22N2O4/c1-8-5-13-9(10(16)7-15)6-14(8)11(17)18-12(2,3)4/h8-9,13,15H,5-7H2,1-4H3/t8-,9-/m1/s1. The fourth-order valence-electron chi connectivity index (χ4n) is 1.77. The van der Waals surface area contributed by atoms with Gasteiger partial charge in [0.25, 0.3) is 0 Å². The predicted molar refractivity (Wildman–Crippen MR) is 66.3 cm³/mol. The maximum absolute atomic E-state index is 12.0. The van der Waals surface area contributed by atoms with E-state index in [9.17, 15) is 9.59 Å². The summed E-state index contributed by atoms with van der Waals surface area (Å²) in [5.74, 6) is -0.310. The van der Waals surface area contributed by atoms with E-state index in [0.717, 1.165) is 0 Å². The molecule has 0 aromatic heterocycles. The van der Waals surface area contributed by atoms with Crippen LogP contribution in [-0.4, -0.2) is 59.3 Å². The van der Waals surface area contributed by atoms with Crippen LogP contribution in [0.2, 0.25) is 0 Å². The van der Waals surface area contributed by atoms with E-state index < -0.39 is 24.3 Å². The summed E-state index contributed by atoms with van der Waals surface area (Å²) >= 11 is 0. The SMILES string of the molecule is C[C@@H]1CN[C@@H](C(=O)CO)CN1C(=O)OC(C)(C)C. The molecule has 1 aliphatic heterocycles. The lowest BCUT2D eigenvalue weighted by atomic mass is 10.1. The van der Waals surface area contributed by atoms with Crippen LogP contribution in [0, 0.1) is 0 Å². The molecule has 0 bridgehead atoms. The first-order valence-electron chi connectivity index (χ1n) is 6.11. The molecule has 1 fully saturated rings. The molecule has 1 amide bonds. The van der Waals surface area contributed by atoms with Gasteiger partial charge < -0.3 is 20.1 Å². The van der Waals surface area contributed by atoms with Crippen molar-refractivity contribution in [3.8, 4) is 0 Å². The van der Waals surface area contributed by atoms with Crippen LogP contribution >= 0.6 is 0 Å². The van der Waals surface area contributed by atoms with Crippen molar-refractivity contribution in [2.45, 2.75) is 45.4 Å². The second kappa shape index (κ2) is 5.67. The van der Waals surface area contributed by atoms with E-state index in [0.29, 0.717) is 6.54 Å². The van der Waals surface area contributed by atoms with Crippen molar-refractivity contribution in [2.75, 3.05) is 19.7 Å². The minimum Gasteiger partial charge on any atom is -0.444 e. The summed E-state index contributed by atoms with van der Waals surface area (Å²) in [6.45, 7) is 7.51. The van der Waals surface area contributed by atoms with Gasteiger partial charge in [0.15, 0.2) is 5.78 Å². The molecule has 6 nitrogen and oxygen atoms in total. The van der Waals surface area contributed by atoms with Crippen LogP contribution in [0.1, 0.15) is 27.7 Å². The van der Waals surface area contributed by atoms with Crippen LogP contribution < -0.4 is 5.32 Å². The Hall–Kier alpha value is -1.14. The second-order valence-corrected chi connectivity index (χ2v) is 5.57. The van der Waals surface area contributed by atoms with Gasteiger partial charge >= 0.3 is 6.09 Å². The van der Waals surface area contributed by atoms with Crippen molar-refractivity contribution in [1.29, 1.82) is 0 Å². The Kier molecular flexibility index (Phi) is 4.70. The van der Waals surface area contributed by atoms with E-state index in [1.54, 1.807) is 20.8 Å². The van der Waals surface area contributed by atoms with E-state index in [1.807, 2.05) is 6.92 Å². The molecule has 0 spiro atoms. The molecule has 104 valence electrons. The Balaban J connectivity index is 2.67. The second-order valence-electron chi connectivity index (χ2n) is 5.57. The molecule has 1 aliphatic rings. The number of hydrogen-bond donors (Lipinski definition) is 2. The minimum atomic E-state index is -0.557. The Morgan fingerprint density at radius 2 is 2.06 bits per heavy atom. The quantitative estimate of drug-likeness (QED) is 0.737. The number of rotatable bonds is 2. The molecule has 1 saturated heterocycles. The number of carbonyl (C=O) groups excluding carboxylic acids is 2. The monoisotopic (exact) mass is 258 g/mol. The van der Waals surface area contributed by atoms with Crippen LogP contribution in [0.5, 0.6) is 0 Å². The first-order valence-corrected chi connectivity index (χ1v) is 6.11. The molecule has 2 atom stereocenters. The number of carbonyl (C=O) groups is 2. The van der Waals surface area contributed by atoms with Crippen LogP contribution in [0.4, 0.5) is 4.79 Å². The van der Waals surface area contributed by atoms with Crippen LogP contribution in [-0.2, 0) is 9.53 Å². The van der Waals surface area contributed by atoms with Crippen molar-refractivity contribution in [3.63, 3.8) is 0 Å². The highest BCUT2D eigenvalue weighted by Crippen LogP contribution is 2.14. The first-order chi connectivity index (χ1) is 8.24. The number of Topliss-reactive ketones (excluding diaryl/α,β-unsaturated/α-hetero) is 1. The summed E-state index contributed by atoms with van der Waals surface area (Å²) < 4.78 is 5.29. The molecule has 0 aliphatic carbocycles. The number of aliphatic hydroxyl groups excluding tert-OH is 1. The largest absolute Gasteiger partial charge is 0.444 e. The van der Waals surface area contributed by atoms with Gasteiger partial charge in [0.05, 0.1) is 6.04 Å². The number of ether oxygens (including phenoxy) is 1. The van der Waals surface area contributed by atoms with Crippen LogP contribution in [0.15, 0.2) is 0 Å². The van der Waals surface area contributed by atoms with E-state index >= 15 is 0 Å². The third kappa shape index (κ3) is 3.96. The molecule has 6 heteroatoms. The Morgan fingerprint density at radius 3 is 2.56 bits per heavy atom. The van der Waals surface area contributed by atoms with E-state index in [1.165, 1.54) is 4.90 Å². The van der Waals surface area contributed by atoms with Gasteiger partial charge in [-0.3, -0.25) is 4.79 Å². The van der Waals surface area contributed by atoms with E-state index in [4.69, 9.17) is 9.84 Å². The number of aliphatic hydroxyl groups is 1. The van der Waals surface area contributed by atoms with Crippen molar-refractivity contribution in [2.24, 2.45) is 0 Å². The van der Waals surface area contributed by atoms with E-state index in [2.05, 4.69) is 5.32 Å². The van der Waals surface area contributed by atoms with Crippen molar-refractivity contribution in [3.05, 3.63) is 0 Å². The summed E-state index contributed by atoms with van der Waals surface area (Å²) in [4.78, 5) is 24.9. The Labute approximate surface area is 107 Å². The molecule has 1 heterocycles. The summed E-state index contributed by atoms with van der Waals surface area (Å²) in [5, 5.41) is 11.8. The molecule has 0 unspecified atom stereocenters. The maximum atomic E-state index is 12.0. The average Bonchev–Trinajstić information content (AvgIpc) is 2.26. The van der Waals surface area contributed by atoms with Crippen molar-refractivity contribution >= 4 is 11.9 Å². The van der Waals surface area contributed by atoms with Gasteiger partial charge in [-0.2, -0.15) is 0 Å². The normalized spacial score (nSPS) is 24.8. The number of hydrogen-bond acceptors (Lipinski definition) is 5. The number of nitrogens with zero attached hydrogens (tertiary/aromatic N) is 1. The molecule has 0 saturated carbocycles. The minimum absolute atomic E-state index is 0.0393. The van der Waals surface area contributed by atoms with Crippen LogP contribution in [0.25, 0.3) is 0 Å². The third-order valence-electron chi connectivity index (χ3n) is 2.74. The Morgan fingerprint density at radius 1 is 1.44 bits per heavy atom.